The summed E-state index contributed by atoms with van der Waals surface area (Å²) >= 11 is 0. The fraction of sp³-hybridized carbons (Fsp3) is 0.133. The molecule has 8 heteroatoms. The number of rotatable bonds is 5. The number of cyclic esters (lactones) is 1. The van der Waals surface area contributed by atoms with Gasteiger partial charge < -0.3 is 9.47 Å². The molecule has 0 bridgehead atoms. The first kappa shape index (κ1) is 23.4. The van der Waals surface area contributed by atoms with Crippen molar-refractivity contribution >= 4 is 34.9 Å². The van der Waals surface area contributed by atoms with Gasteiger partial charge in [0.05, 0.1) is 12.1 Å². The summed E-state index contributed by atoms with van der Waals surface area (Å²) in [5, 5.41) is 1.94. The smallest absolute Gasteiger partial charge is 0.422 e. The number of aromatic nitrogens is 1. The van der Waals surface area contributed by atoms with E-state index in [1.165, 1.54) is 4.90 Å². The highest BCUT2D eigenvalue weighted by molar-refractivity contribution is 6.04. The van der Waals surface area contributed by atoms with Gasteiger partial charge in [-0.05, 0) is 34.7 Å². The Bertz CT molecular complexity index is 1530. The molecule has 188 valence electrons. The molecule has 2 aliphatic rings. The molecule has 38 heavy (non-hydrogen) atoms. The third-order valence-electron chi connectivity index (χ3n) is 6.84. The number of para-hydroxylation sites is 1. The van der Waals surface area contributed by atoms with Gasteiger partial charge in [0, 0.05) is 17.8 Å². The first-order chi connectivity index (χ1) is 18.6. The van der Waals surface area contributed by atoms with Gasteiger partial charge in [0.25, 0.3) is 5.91 Å². The molecule has 2 fully saturated rings. The number of ether oxygens (including phenoxy) is 2. The zero-order valence-electron chi connectivity index (χ0n) is 20.2. The number of β-lactam (4-membered cyclic amide) rings is 1. The molecule has 6 rings (SSSR count). The lowest BCUT2D eigenvalue weighted by Gasteiger charge is -2.47. The summed E-state index contributed by atoms with van der Waals surface area (Å²) in [4.78, 5) is 46.2. The van der Waals surface area contributed by atoms with Crippen LogP contribution in [0.25, 0.3) is 16.8 Å². The molecule has 1 aromatic heterocycles. The maximum atomic E-state index is 13.5. The van der Waals surface area contributed by atoms with E-state index in [0.717, 1.165) is 26.8 Å². The van der Waals surface area contributed by atoms with Crippen LogP contribution in [0.15, 0.2) is 103 Å². The van der Waals surface area contributed by atoms with Crippen LogP contribution in [0.2, 0.25) is 0 Å². The number of likely N-dealkylation sites (tertiary alicyclic amines) is 1. The summed E-state index contributed by atoms with van der Waals surface area (Å²) in [7, 11) is 0. The number of carbonyl (C=O) groups excluding carboxylic acids is 3. The van der Waals surface area contributed by atoms with Crippen LogP contribution in [-0.4, -0.2) is 51.6 Å². The van der Waals surface area contributed by atoms with Crippen LogP contribution < -0.4 is 4.74 Å². The van der Waals surface area contributed by atoms with Gasteiger partial charge >= 0.3 is 12.2 Å². The average Bonchev–Trinajstić information content (AvgIpc) is 3.32. The third kappa shape index (κ3) is 4.16. The third-order valence-corrected chi connectivity index (χ3v) is 6.84. The minimum absolute atomic E-state index is 0.118. The number of hydrogen-bond donors (Lipinski definition) is 0. The molecular weight excluding hydrogens is 482 g/mol. The number of amides is 3. The Labute approximate surface area is 218 Å². The second kappa shape index (κ2) is 9.82. The SMILES string of the molecule is O=C(Oc1ccccc1)N1C(=O)[C@H](N2C(=O)OCC2c2ccccc2)[C@H]1/C=C/c1cccc2ccncc12. The highest BCUT2D eigenvalue weighted by Crippen LogP contribution is 2.38. The van der Waals surface area contributed by atoms with Crippen molar-refractivity contribution in [2.45, 2.75) is 18.1 Å². The van der Waals surface area contributed by atoms with Crippen molar-refractivity contribution in [3.63, 3.8) is 0 Å². The quantitative estimate of drug-likeness (QED) is 0.346. The summed E-state index contributed by atoms with van der Waals surface area (Å²) < 4.78 is 10.8. The van der Waals surface area contributed by atoms with E-state index in [9.17, 15) is 14.4 Å². The van der Waals surface area contributed by atoms with Crippen LogP contribution in [0.4, 0.5) is 9.59 Å². The lowest BCUT2D eigenvalue weighted by atomic mass is 9.90. The number of carbonyl (C=O) groups is 3. The van der Waals surface area contributed by atoms with Crippen LogP contribution in [0.3, 0.4) is 0 Å². The van der Waals surface area contributed by atoms with E-state index in [1.807, 2.05) is 60.7 Å². The molecule has 0 saturated carbocycles. The Morgan fingerprint density at radius 3 is 2.50 bits per heavy atom. The molecule has 3 amide bonds. The van der Waals surface area contributed by atoms with Crippen molar-refractivity contribution in [3.05, 3.63) is 115 Å². The number of nitrogens with zero attached hydrogens (tertiary/aromatic N) is 3. The van der Waals surface area contributed by atoms with E-state index in [0.29, 0.717) is 5.75 Å². The van der Waals surface area contributed by atoms with Crippen LogP contribution in [-0.2, 0) is 9.53 Å². The molecule has 1 unspecified atom stereocenters. The fourth-order valence-corrected chi connectivity index (χ4v) is 4.98. The molecule has 2 saturated heterocycles. The molecular formula is C30H23N3O5. The number of imide groups is 1. The number of hydrogen-bond acceptors (Lipinski definition) is 6. The van der Waals surface area contributed by atoms with Crippen molar-refractivity contribution in [3.8, 4) is 5.75 Å². The Balaban J connectivity index is 1.36. The lowest BCUT2D eigenvalue weighted by Crippen LogP contribution is -2.72. The van der Waals surface area contributed by atoms with Gasteiger partial charge in [-0.15, -0.1) is 0 Å². The van der Waals surface area contributed by atoms with Gasteiger partial charge in [0.1, 0.15) is 18.4 Å². The molecule has 0 aliphatic carbocycles. The zero-order valence-corrected chi connectivity index (χ0v) is 20.2. The average molecular weight is 506 g/mol. The highest BCUT2D eigenvalue weighted by atomic mass is 16.6. The minimum atomic E-state index is -0.928. The Morgan fingerprint density at radius 1 is 0.947 bits per heavy atom. The Kier molecular flexibility index (Phi) is 6.05. The van der Waals surface area contributed by atoms with E-state index in [4.69, 9.17) is 9.47 Å². The summed E-state index contributed by atoms with van der Waals surface area (Å²) in [5.74, 6) is -0.209. The van der Waals surface area contributed by atoms with Crippen LogP contribution in [0, 0.1) is 0 Å². The predicted octanol–water partition coefficient (Wildman–Crippen LogP) is 5.22. The monoisotopic (exact) mass is 505 g/mol. The van der Waals surface area contributed by atoms with Crippen molar-refractivity contribution in [2.24, 2.45) is 0 Å². The largest absolute Gasteiger partial charge is 0.447 e. The maximum absolute atomic E-state index is 13.5. The second-order valence-electron chi connectivity index (χ2n) is 9.04. The van der Waals surface area contributed by atoms with E-state index in [2.05, 4.69) is 4.98 Å². The van der Waals surface area contributed by atoms with Crippen molar-refractivity contribution < 1.29 is 23.9 Å². The first-order valence-electron chi connectivity index (χ1n) is 12.2. The topological polar surface area (TPSA) is 89.0 Å². The molecule has 8 nitrogen and oxygen atoms in total. The van der Waals surface area contributed by atoms with Crippen LogP contribution in [0.1, 0.15) is 17.2 Å². The van der Waals surface area contributed by atoms with Crippen molar-refractivity contribution in [2.75, 3.05) is 6.61 Å². The summed E-state index contributed by atoms with van der Waals surface area (Å²) in [5.41, 5.74) is 1.72. The molecule has 2 aliphatic heterocycles. The van der Waals surface area contributed by atoms with E-state index >= 15 is 0 Å². The molecule has 3 heterocycles. The van der Waals surface area contributed by atoms with Gasteiger partial charge in [-0.1, -0.05) is 78.9 Å². The molecule has 4 aromatic rings. The fourth-order valence-electron chi connectivity index (χ4n) is 4.98. The lowest BCUT2D eigenvalue weighted by molar-refractivity contribution is -0.150. The van der Waals surface area contributed by atoms with Crippen LogP contribution in [0.5, 0.6) is 5.75 Å². The zero-order chi connectivity index (χ0) is 26.1. The normalized spacial score (nSPS) is 21.0. The number of benzene rings is 3. The van der Waals surface area contributed by atoms with Gasteiger partial charge in [0.2, 0.25) is 0 Å². The summed E-state index contributed by atoms with van der Waals surface area (Å²) in [6.07, 6.45) is 5.68. The van der Waals surface area contributed by atoms with E-state index < -0.39 is 36.2 Å². The molecule has 3 atom stereocenters. The molecule has 0 radical (unpaired) electrons. The highest BCUT2D eigenvalue weighted by Gasteiger charge is 2.58. The first-order valence-corrected chi connectivity index (χ1v) is 12.2. The van der Waals surface area contributed by atoms with E-state index in [-0.39, 0.29) is 6.61 Å². The van der Waals surface area contributed by atoms with Gasteiger partial charge in [-0.25, -0.2) is 14.5 Å². The predicted molar refractivity (Wildman–Crippen MR) is 140 cm³/mol. The molecule has 0 N–H and O–H groups in total. The van der Waals surface area contributed by atoms with Gasteiger partial charge in [0.15, 0.2) is 0 Å². The summed E-state index contributed by atoms with van der Waals surface area (Å²) in [6.45, 7) is 0.118. The standard InChI is InChI=1S/C30H23N3O5/c34-28-27(32-26(19-37-29(32)35)22-8-3-1-4-9-22)25(33(28)30(36)38-23-12-5-2-6-13-23)15-14-20-10-7-11-21-16-17-31-18-24(20)21/h1-18,25-27H,19H2/b15-14+/t25-,26?,27-/m1/s1. The number of pyridine rings is 1. The maximum Gasteiger partial charge on any atom is 0.422 e. The van der Waals surface area contributed by atoms with E-state index in [1.54, 1.807) is 48.8 Å². The van der Waals surface area contributed by atoms with Gasteiger partial charge in [-0.2, -0.15) is 0 Å². The Morgan fingerprint density at radius 2 is 1.71 bits per heavy atom. The van der Waals surface area contributed by atoms with Crippen molar-refractivity contribution in [1.29, 1.82) is 0 Å². The van der Waals surface area contributed by atoms with Gasteiger partial charge in [-0.3, -0.25) is 14.7 Å². The molecule has 3 aromatic carbocycles. The Hall–Kier alpha value is -4.98. The second-order valence-corrected chi connectivity index (χ2v) is 9.04. The van der Waals surface area contributed by atoms with Crippen LogP contribution >= 0.6 is 0 Å². The summed E-state index contributed by atoms with van der Waals surface area (Å²) in [6, 6.07) is 23.5. The molecule has 0 spiro atoms. The number of fused-ring (bicyclic) bond motifs is 1. The van der Waals surface area contributed by atoms with Crippen molar-refractivity contribution in [1.82, 2.24) is 14.8 Å². The minimum Gasteiger partial charge on any atom is -0.447 e.